The van der Waals surface area contributed by atoms with Crippen LogP contribution in [0.25, 0.3) is 0 Å². The van der Waals surface area contributed by atoms with Gasteiger partial charge in [-0.3, -0.25) is 0 Å². The summed E-state index contributed by atoms with van der Waals surface area (Å²) in [6, 6.07) is 3.54. The molecular formula is C8H11N2O2+. The van der Waals surface area contributed by atoms with Crippen LogP contribution in [-0.4, -0.2) is 11.1 Å². The summed E-state index contributed by atoms with van der Waals surface area (Å²) >= 11 is 0. The number of carbonyl (C=O) groups excluding carboxylic acids is 1. The SMILES string of the molecule is CC(=O)[n+]1ccc(CNO)cc1. The Morgan fingerprint density at radius 2 is 2.17 bits per heavy atom. The molecule has 0 saturated carbocycles. The second-order valence-electron chi connectivity index (χ2n) is 2.47. The zero-order valence-electron chi connectivity index (χ0n) is 6.82. The van der Waals surface area contributed by atoms with Gasteiger partial charge in [-0.05, 0) is 5.56 Å². The zero-order chi connectivity index (χ0) is 8.97. The summed E-state index contributed by atoms with van der Waals surface area (Å²) in [5.41, 5.74) is 2.96. The third-order valence-corrected chi connectivity index (χ3v) is 1.55. The van der Waals surface area contributed by atoms with E-state index in [2.05, 4.69) is 0 Å². The molecule has 4 nitrogen and oxygen atoms in total. The number of pyridine rings is 1. The van der Waals surface area contributed by atoms with Gasteiger partial charge in [0.05, 0.1) is 6.92 Å². The largest absolute Gasteiger partial charge is 0.389 e. The van der Waals surface area contributed by atoms with Crippen molar-refractivity contribution < 1.29 is 14.6 Å². The van der Waals surface area contributed by atoms with Crippen molar-refractivity contribution in [2.45, 2.75) is 13.5 Å². The van der Waals surface area contributed by atoms with Crippen LogP contribution < -0.4 is 10.0 Å². The predicted molar refractivity (Wildman–Crippen MR) is 41.6 cm³/mol. The predicted octanol–water partition coefficient (Wildman–Crippen LogP) is 0.113. The molecule has 0 bridgehead atoms. The minimum absolute atomic E-state index is 0.0292. The van der Waals surface area contributed by atoms with E-state index in [9.17, 15) is 4.79 Å². The molecule has 1 rings (SSSR count). The molecule has 64 valence electrons. The third-order valence-electron chi connectivity index (χ3n) is 1.55. The Bertz CT molecular complexity index is 269. The molecule has 0 spiro atoms. The van der Waals surface area contributed by atoms with Crippen LogP contribution in [0.1, 0.15) is 17.3 Å². The molecule has 0 saturated heterocycles. The van der Waals surface area contributed by atoms with E-state index in [0.717, 1.165) is 5.56 Å². The fourth-order valence-corrected chi connectivity index (χ4v) is 0.876. The van der Waals surface area contributed by atoms with Gasteiger partial charge < -0.3 is 5.21 Å². The number of aromatic nitrogens is 1. The fourth-order valence-electron chi connectivity index (χ4n) is 0.876. The van der Waals surface area contributed by atoms with Gasteiger partial charge in [-0.15, -0.1) is 4.57 Å². The van der Waals surface area contributed by atoms with Gasteiger partial charge in [-0.25, -0.2) is 10.3 Å². The number of hydroxylamine groups is 1. The number of nitrogens with one attached hydrogen (secondary N) is 1. The van der Waals surface area contributed by atoms with Crippen LogP contribution in [0.4, 0.5) is 0 Å². The highest BCUT2D eigenvalue weighted by molar-refractivity contribution is 5.63. The van der Waals surface area contributed by atoms with Gasteiger partial charge >= 0.3 is 5.91 Å². The molecule has 1 aromatic rings. The molecule has 0 amide bonds. The lowest BCUT2D eigenvalue weighted by Gasteiger charge is -1.95. The summed E-state index contributed by atoms with van der Waals surface area (Å²) in [6.07, 6.45) is 3.32. The molecule has 1 heterocycles. The fraction of sp³-hybridized carbons (Fsp3) is 0.250. The van der Waals surface area contributed by atoms with Crippen molar-refractivity contribution in [3.8, 4) is 0 Å². The first kappa shape index (κ1) is 8.83. The highest BCUT2D eigenvalue weighted by Crippen LogP contribution is 1.92. The standard InChI is InChI=1S/C8H11N2O2/c1-7(11)10-4-2-8(3-5-10)6-9-12/h2-5,9,12H,6H2,1H3/q+1. The second-order valence-corrected chi connectivity index (χ2v) is 2.47. The van der Waals surface area contributed by atoms with Crippen LogP contribution in [0.15, 0.2) is 24.5 Å². The average Bonchev–Trinajstić information content (AvgIpc) is 2.06. The number of nitrogens with zero attached hydrogens (tertiary/aromatic N) is 1. The lowest BCUT2D eigenvalue weighted by atomic mass is 10.3. The molecule has 0 aliphatic carbocycles. The first-order chi connectivity index (χ1) is 5.74. The first-order valence-corrected chi connectivity index (χ1v) is 3.62. The van der Waals surface area contributed by atoms with Crippen molar-refractivity contribution in [1.29, 1.82) is 0 Å². The molecule has 1 aromatic heterocycles. The minimum Gasteiger partial charge on any atom is -0.316 e. The van der Waals surface area contributed by atoms with Crippen LogP contribution in [-0.2, 0) is 6.54 Å². The monoisotopic (exact) mass is 167 g/mol. The molecule has 0 atom stereocenters. The molecule has 0 aliphatic heterocycles. The average molecular weight is 167 g/mol. The molecule has 4 heteroatoms. The van der Waals surface area contributed by atoms with Gasteiger partial charge in [0, 0.05) is 18.7 Å². The van der Waals surface area contributed by atoms with Crippen molar-refractivity contribution in [1.82, 2.24) is 5.48 Å². The molecule has 12 heavy (non-hydrogen) atoms. The van der Waals surface area contributed by atoms with Crippen LogP contribution in [0.5, 0.6) is 0 Å². The van der Waals surface area contributed by atoms with Gasteiger partial charge in [-0.2, -0.15) is 0 Å². The van der Waals surface area contributed by atoms with Crippen LogP contribution in [0.3, 0.4) is 0 Å². The lowest BCUT2D eigenvalue weighted by Crippen LogP contribution is -2.39. The summed E-state index contributed by atoms with van der Waals surface area (Å²) < 4.78 is 1.47. The Balaban J connectivity index is 2.78. The molecule has 0 aliphatic rings. The van der Waals surface area contributed by atoms with E-state index in [0.29, 0.717) is 6.54 Å². The van der Waals surface area contributed by atoms with Crippen molar-refractivity contribution >= 4 is 5.91 Å². The van der Waals surface area contributed by atoms with Crippen molar-refractivity contribution in [3.05, 3.63) is 30.1 Å². The second kappa shape index (κ2) is 3.94. The Kier molecular flexibility index (Phi) is 2.90. The highest BCUT2D eigenvalue weighted by atomic mass is 16.5. The van der Waals surface area contributed by atoms with Gasteiger partial charge in [0.25, 0.3) is 0 Å². The smallest absolute Gasteiger partial charge is 0.316 e. The summed E-state index contributed by atoms with van der Waals surface area (Å²) in [4.78, 5) is 10.8. The van der Waals surface area contributed by atoms with E-state index in [-0.39, 0.29) is 5.91 Å². The minimum atomic E-state index is -0.0292. The van der Waals surface area contributed by atoms with E-state index in [4.69, 9.17) is 5.21 Å². The quantitative estimate of drug-likeness (QED) is 0.485. The van der Waals surface area contributed by atoms with E-state index in [1.165, 1.54) is 11.5 Å². The Hall–Kier alpha value is -1.26. The van der Waals surface area contributed by atoms with E-state index < -0.39 is 0 Å². The molecule has 0 unspecified atom stereocenters. The van der Waals surface area contributed by atoms with Crippen LogP contribution in [0, 0.1) is 0 Å². The maximum Gasteiger partial charge on any atom is 0.389 e. The molecular weight excluding hydrogens is 156 g/mol. The summed E-state index contributed by atoms with van der Waals surface area (Å²) in [5, 5.41) is 8.37. The number of rotatable bonds is 2. The Morgan fingerprint density at radius 1 is 1.58 bits per heavy atom. The van der Waals surface area contributed by atoms with E-state index >= 15 is 0 Å². The van der Waals surface area contributed by atoms with Gasteiger partial charge in [-0.1, -0.05) is 0 Å². The summed E-state index contributed by atoms with van der Waals surface area (Å²) in [6.45, 7) is 1.88. The zero-order valence-corrected chi connectivity index (χ0v) is 6.82. The highest BCUT2D eigenvalue weighted by Gasteiger charge is 2.04. The number of hydrogen-bond acceptors (Lipinski definition) is 3. The maximum absolute atomic E-state index is 10.8. The molecule has 0 fully saturated rings. The number of carbonyl (C=O) groups is 1. The van der Waals surface area contributed by atoms with Crippen LogP contribution >= 0.6 is 0 Å². The first-order valence-electron chi connectivity index (χ1n) is 3.62. The van der Waals surface area contributed by atoms with Crippen molar-refractivity contribution in [3.63, 3.8) is 0 Å². The van der Waals surface area contributed by atoms with Crippen molar-refractivity contribution in [2.24, 2.45) is 0 Å². The molecule has 0 aromatic carbocycles. The topological polar surface area (TPSA) is 53.2 Å². The molecule has 0 radical (unpaired) electrons. The third kappa shape index (κ3) is 2.11. The molecule has 2 N–H and O–H groups in total. The lowest BCUT2D eigenvalue weighted by molar-refractivity contribution is -0.572. The normalized spacial score (nSPS) is 9.83. The van der Waals surface area contributed by atoms with Crippen molar-refractivity contribution in [2.75, 3.05) is 0 Å². The maximum atomic E-state index is 10.8. The van der Waals surface area contributed by atoms with Gasteiger partial charge in [0.15, 0.2) is 12.4 Å². The van der Waals surface area contributed by atoms with Gasteiger partial charge in [0.2, 0.25) is 0 Å². The summed E-state index contributed by atoms with van der Waals surface area (Å²) in [5.74, 6) is -0.0292. The number of hydrogen-bond donors (Lipinski definition) is 2. The Morgan fingerprint density at radius 3 is 2.58 bits per heavy atom. The Labute approximate surface area is 70.4 Å². The van der Waals surface area contributed by atoms with Crippen LogP contribution in [0.2, 0.25) is 0 Å². The summed E-state index contributed by atoms with van der Waals surface area (Å²) in [7, 11) is 0. The van der Waals surface area contributed by atoms with E-state index in [1.807, 2.05) is 5.48 Å². The van der Waals surface area contributed by atoms with Gasteiger partial charge in [0.1, 0.15) is 0 Å². The van der Waals surface area contributed by atoms with E-state index in [1.54, 1.807) is 24.5 Å².